The quantitative estimate of drug-likeness (QED) is 0.136. The monoisotopic (exact) mass is 826 g/mol. The van der Waals surface area contributed by atoms with E-state index in [-0.39, 0.29) is 17.1 Å². The minimum Gasteiger partial charge on any atom is 2.00 e. The molecule has 0 heterocycles. The van der Waals surface area contributed by atoms with Gasteiger partial charge in [-0.05, 0) is 88.4 Å². The molecule has 2 aliphatic rings. The summed E-state index contributed by atoms with van der Waals surface area (Å²) in [5, 5.41) is 5.63. The van der Waals surface area contributed by atoms with E-state index in [1.165, 1.54) is 32.5 Å². The van der Waals surface area contributed by atoms with Gasteiger partial charge >= 0.3 is 55.7 Å². The van der Waals surface area contributed by atoms with Gasteiger partial charge < -0.3 is 0 Å². The molecule has 196 valence electrons. The van der Waals surface area contributed by atoms with Crippen LogP contribution in [0.5, 0.6) is 0 Å². The number of halogens is 2. The molecule has 0 saturated heterocycles. The van der Waals surface area contributed by atoms with Gasteiger partial charge in [0.1, 0.15) is 0 Å². The van der Waals surface area contributed by atoms with Crippen LogP contribution in [0.15, 0.2) is 121 Å². The van der Waals surface area contributed by atoms with E-state index in [0.717, 1.165) is 0 Å². The molecular weight excluding hydrogens is 798 g/mol. The average Bonchev–Trinajstić information content (AvgIpc) is 3.72. The normalized spacial score (nSPS) is 14.9. The van der Waals surface area contributed by atoms with Crippen LogP contribution < -0.4 is 21.2 Å². The summed E-state index contributed by atoms with van der Waals surface area (Å²) in [4.78, 5) is 0. The van der Waals surface area contributed by atoms with Gasteiger partial charge in [0.25, 0.3) is 0 Å². The Morgan fingerprint density at radius 3 is 0.775 bits per heavy atom. The Kier molecular flexibility index (Phi) is 17.0. The van der Waals surface area contributed by atoms with Crippen molar-refractivity contribution in [3.05, 3.63) is 184 Å². The zero-order valence-electron chi connectivity index (χ0n) is 21.9. The van der Waals surface area contributed by atoms with Gasteiger partial charge in [-0.2, -0.15) is 0 Å². The van der Waals surface area contributed by atoms with Crippen LogP contribution in [0.25, 0.3) is 0 Å². The summed E-state index contributed by atoms with van der Waals surface area (Å²) in [5.74, 6) is 0. The summed E-state index contributed by atoms with van der Waals surface area (Å²) < 4.78 is 0. The second kappa shape index (κ2) is 19.9. The van der Waals surface area contributed by atoms with Crippen LogP contribution in [0.1, 0.15) is 0 Å². The van der Waals surface area contributed by atoms with Gasteiger partial charge in [-0.25, -0.2) is 0 Å². The molecule has 10 radical (unpaired) electrons. The molecule has 6 rings (SSSR count). The Hall–Kier alpha value is -0.225. The third-order valence-electron chi connectivity index (χ3n) is 5.86. The van der Waals surface area contributed by atoms with E-state index in [1.807, 2.05) is 0 Å². The molecular formula is C34H28Cl2FeHgP2+2. The van der Waals surface area contributed by atoms with E-state index >= 15 is 0 Å². The Labute approximate surface area is 274 Å². The number of hydrogen-bond donors (Lipinski definition) is 0. The minimum atomic E-state index is -1.14. The molecule has 0 spiro atoms. The SMILES string of the molecule is [CH]1[CH][CH][C](P(c2ccccc2)c2ccccc2)[CH]1.[CH]1[CH][CH][C](P(c2ccccc2)c2ccccc2)[CH]1.[Cl][Hg][Cl].[Fe+2]. The first-order valence-electron chi connectivity index (χ1n) is 12.7. The summed E-state index contributed by atoms with van der Waals surface area (Å²) in [7, 11) is 9.15. The largest absolute Gasteiger partial charge is 2.00 e. The maximum Gasteiger partial charge on any atom is 2.00 e. The molecule has 0 aromatic heterocycles. The summed E-state index contributed by atoms with van der Waals surface area (Å²) in [6, 6.07) is 43.1. The van der Waals surface area contributed by atoms with E-state index < -0.39 is 37.9 Å². The second-order valence-corrected chi connectivity index (χ2v) is 20.7. The molecule has 2 saturated carbocycles. The topological polar surface area (TPSA) is 0 Å². The van der Waals surface area contributed by atoms with Crippen LogP contribution in [0.2, 0.25) is 0 Å². The van der Waals surface area contributed by atoms with E-state index in [2.05, 4.69) is 173 Å². The first-order chi connectivity index (χ1) is 19.3. The van der Waals surface area contributed by atoms with Crippen molar-refractivity contribution in [2.75, 3.05) is 0 Å². The van der Waals surface area contributed by atoms with Crippen molar-refractivity contribution in [3.63, 3.8) is 0 Å². The summed E-state index contributed by atoms with van der Waals surface area (Å²) in [6.45, 7) is 0. The Balaban J connectivity index is 0.000000197. The van der Waals surface area contributed by atoms with Crippen molar-refractivity contribution in [1.82, 2.24) is 0 Å². The molecule has 0 amide bonds. The standard InChI is InChI=1S/2C17H14P.2ClH.Fe.Hg/c2*1-3-9-15(10-4-1)18(17-13-7-8-14-17)16-11-5-2-6-12-16;;;;/h2*1-14H;2*1H;;/q;;;;2*+2/p-2. The van der Waals surface area contributed by atoms with Gasteiger partial charge in [0, 0.05) is 11.3 Å². The fourth-order valence-electron chi connectivity index (χ4n) is 4.23. The van der Waals surface area contributed by atoms with Crippen LogP contribution in [-0.4, -0.2) is 0 Å². The second-order valence-electron chi connectivity index (χ2n) is 8.40. The summed E-state index contributed by atoms with van der Waals surface area (Å²) in [6.07, 6.45) is 17.4. The van der Waals surface area contributed by atoms with Crippen molar-refractivity contribution in [2.45, 2.75) is 0 Å². The van der Waals surface area contributed by atoms with Crippen molar-refractivity contribution < 1.29 is 39.2 Å². The number of rotatable bonds is 6. The first-order valence-corrected chi connectivity index (χ1v) is 28.9. The molecule has 2 aliphatic carbocycles. The molecule has 0 atom stereocenters. The van der Waals surface area contributed by atoms with Crippen molar-refractivity contribution in [3.8, 4) is 0 Å². The predicted octanol–water partition coefficient (Wildman–Crippen LogP) is 8.34. The van der Waals surface area contributed by atoms with E-state index in [0.29, 0.717) is 0 Å². The van der Waals surface area contributed by atoms with E-state index in [1.54, 1.807) is 0 Å². The molecule has 0 nitrogen and oxygen atoms in total. The molecule has 6 heteroatoms. The first kappa shape index (κ1) is 34.3. The number of hydrogen-bond acceptors (Lipinski definition) is 0. The van der Waals surface area contributed by atoms with Gasteiger partial charge in [0.15, 0.2) is 0 Å². The Bertz CT molecular complexity index is 1000. The van der Waals surface area contributed by atoms with Crippen molar-refractivity contribution in [1.29, 1.82) is 0 Å². The van der Waals surface area contributed by atoms with E-state index in [9.17, 15) is 0 Å². The smallest absolute Gasteiger partial charge is 2.00 e. The molecule has 0 N–H and O–H groups in total. The Morgan fingerprint density at radius 2 is 0.575 bits per heavy atom. The van der Waals surface area contributed by atoms with Gasteiger partial charge in [-0.15, -0.1) is 0 Å². The molecule has 40 heavy (non-hydrogen) atoms. The maximum atomic E-state index is 4.99. The third kappa shape index (κ3) is 10.5. The van der Waals surface area contributed by atoms with Crippen LogP contribution >= 0.6 is 32.3 Å². The maximum absolute atomic E-state index is 4.99. The summed E-state index contributed by atoms with van der Waals surface area (Å²) >= 11 is -1.14. The van der Waals surface area contributed by atoms with Crippen LogP contribution in [0.3, 0.4) is 0 Å². The average molecular weight is 826 g/mol. The fraction of sp³-hybridized carbons (Fsp3) is 0. The predicted molar refractivity (Wildman–Crippen MR) is 171 cm³/mol. The van der Waals surface area contributed by atoms with Crippen LogP contribution in [0, 0.1) is 62.7 Å². The fourth-order valence-corrected chi connectivity index (χ4v) is 8.84. The van der Waals surface area contributed by atoms with Crippen LogP contribution in [0.4, 0.5) is 0 Å². The Morgan fingerprint density at radius 1 is 0.375 bits per heavy atom. The molecule has 4 aromatic carbocycles. The molecule has 4 aromatic rings. The van der Waals surface area contributed by atoms with Crippen molar-refractivity contribution in [2.24, 2.45) is 0 Å². The summed E-state index contributed by atoms with van der Waals surface area (Å²) in [5.41, 5.74) is 2.84. The molecule has 0 unspecified atom stereocenters. The minimum absolute atomic E-state index is 0. The van der Waals surface area contributed by atoms with Gasteiger partial charge in [-0.3, -0.25) is 0 Å². The van der Waals surface area contributed by atoms with E-state index in [4.69, 9.17) is 16.5 Å². The van der Waals surface area contributed by atoms with Gasteiger partial charge in [0.05, 0.1) is 0 Å². The third-order valence-corrected chi connectivity index (χ3v) is 10.8. The van der Waals surface area contributed by atoms with Gasteiger partial charge in [-0.1, -0.05) is 121 Å². The zero-order valence-corrected chi connectivity index (χ0v) is 31.8. The molecule has 2 fully saturated rings. The zero-order chi connectivity index (χ0) is 27.1. The molecule has 0 aliphatic heterocycles. The van der Waals surface area contributed by atoms with Crippen molar-refractivity contribution >= 4 is 53.6 Å². The number of benzene rings is 4. The van der Waals surface area contributed by atoms with Crippen LogP contribution in [-0.2, 0) is 39.2 Å². The molecule has 0 bridgehead atoms. The van der Waals surface area contributed by atoms with Gasteiger partial charge in [0.2, 0.25) is 0 Å².